The first kappa shape index (κ1) is 14.3. The Morgan fingerprint density at radius 2 is 1.95 bits per heavy atom. The van der Waals surface area contributed by atoms with Crippen LogP contribution in [-0.4, -0.2) is 12.5 Å². The van der Waals surface area contributed by atoms with Crippen molar-refractivity contribution in [2.45, 2.75) is 26.8 Å². The summed E-state index contributed by atoms with van der Waals surface area (Å²) in [7, 11) is 0. The predicted molar refractivity (Wildman–Crippen MR) is 79.7 cm³/mol. The quantitative estimate of drug-likeness (QED) is 0.909. The van der Waals surface area contributed by atoms with Gasteiger partial charge in [0.15, 0.2) is 0 Å². The van der Waals surface area contributed by atoms with Crippen molar-refractivity contribution in [1.82, 2.24) is 0 Å². The summed E-state index contributed by atoms with van der Waals surface area (Å²) in [6.07, 6.45) is 2.44. The number of aryl methyl sites for hydroxylation is 1. The SMILES string of the molecule is CCCN(C(=O)c1ccoc1C)c1ccc(CN)cc1. The first-order chi connectivity index (χ1) is 9.67. The molecule has 4 heteroatoms. The molecule has 1 aromatic carbocycles. The highest BCUT2D eigenvalue weighted by Gasteiger charge is 2.20. The van der Waals surface area contributed by atoms with Crippen molar-refractivity contribution in [1.29, 1.82) is 0 Å². The van der Waals surface area contributed by atoms with Crippen molar-refractivity contribution in [3.8, 4) is 0 Å². The highest BCUT2D eigenvalue weighted by Crippen LogP contribution is 2.20. The van der Waals surface area contributed by atoms with Crippen LogP contribution in [0.2, 0.25) is 0 Å². The van der Waals surface area contributed by atoms with Crippen LogP contribution in [0.15, 0.2) is 41.0 Å². The summed E-state index contributed by atoms with van der Waals surface area (Å²) in [6, 6.07) is 9.49. The molecule has 0 saturated heterocycles. The first-order valence-corrected chi connectivity index (χ1v) is 6.82. The van der Waals surface area contributed by atoms with E-state index in [-0.39, 0.29) is 5.91 Å². The Kier molecular flexibility index (Phi) is 4.58. The largest absolute Gasteiger partial charge is 0.469 e. The Morgan fingerprint density at radius 3 is 2.45 bits per heavy atom. The van der Waals surface area contributed by atoms with Gasteiger partial charge >= 0.3 is 0 Å². The van der Waals surface area contributed by atoms with Crippen LogP contribution in [-0.2, 0) is 6.54 Å². The van der Waals surface area contributed by atoms with E-state index in [0.717, 1.165) is 17.7 Å². The number of hydrogen-bond donors (Lipinski definition) is 1. The molecule has 0 radical (unpaired) electrons. The molecular formula is C16H20N2O2. The second kappa shape index (κ2) is 6.39. The molecule has 2 rings (SSSR count). The molecule has 1 heterocycles. The average molecular weight is 272 g/mol. The third-order valence-electron chi connectivity index (χ3n) is 3.27. The number of furan rings is 1. The lowest BCUT2D eigenvalue weighted by Gasteiger charge is -2.22. The maximum atomic E-state index is 12.6. The normalized spacial score (nSPS) is 10.6. The predicted octanol–water partition coefficient (Wildman–Crippen LogP) is 3.10. The van der Waals surface area contributed by atoms with E-state index in [4.69, 9.17) is 10.2 Å². The number of amides is 1. The fourth-order valence-electron chi connectivity index (χ4n) is 2.14. The summed E-state index contributed by atoms with van der Waals surface area (Å²) in [6.45, 7) is 5.03. The zero-order chi connectivity index (χ0) is 14.5. The van der Waals surface area contributed by atoms with Crippen LogP contribution >= 0.6 is 0 Å². The van der Waals surface area contributed by atoms with E-state index < -0.39 is 0 Å². The smallest absolute Gasteiger partial charge is 0.261 e. The fourth-order valence-corrected chi connectivity index (χ4v) is 2.14. The summed E-state index contributed by atoms with van der Waals surface area (Å²) in [4.78, 5) is 14.4. The van der Waals surface area contributed by atoms with Gasteiger partial charge in [0.1, 0.15) is 5.76 Å². The lowest BCUT2D eigenvalue weighted by atomic mass is 10.1. The Hall–Kier alpha value is -2.07. The zero-order valence-electron chi connectivity index (χ0n) is 11.9. The monoisotopic (exact) mass is 272 g/mol. The molecule has 1 amide bonds. The van der Waals surface area contributed by atoms with Crippen molar-refractivity contribution in [2.75, 3.05) is 11.4 Å². The van der Waals surface area contributed by atoms with E-state index in [0.29, 0.717) is 24.4 Å². The summed E-state index contributed by atoms with van der Waals surface area (Å²) >= 11 is 0. The van der Waals surface area contributed by atoms with Gasteiger partial charge in [-0.1, -0.05) is 19.1 Å². The summed E-state index contributed by atoms with van der Waals surface area (Å²) in [5.74, 6) is 0.619. The van der Waals surface area contributed by atoms with Gasteiger partial charge in [-0.3, -0.25) is 4.79 Å². The molecule has 106 valence electrons. The van der Waals surface area contributed by atoms with Crippen molar-refractivity contribution >= 4 is 11.6 Å². The highest BCUT2D eigenvalue weighted by atomic mass is 16.3. The molecule has 2 N–H and O–H groups in total. The highest BCUT2D eigenvalue weighted by molar-refractivity contribution is 6.06. The first-order valence-electron chi connectivity index (χ1n) is 6.82. The maximum Gasteiger partial charge on any atom is 0.261 e. The Morgan fingerprint density at radius 1 is 1.25 bits per heavy atom. The number of rotatable bonds is 5. The Labute approximate surface area is 119 Å². The minimum Gasteiger partial charge on any atom is -0.469 e. The number of carbonyl (C=O) groups excluding carboxylic acids is 1. The second-order valence-electron chi connectivity index (χ2n) is 4.72. The van der Waals surface area contributed by atoms with Crippen LogP contribution in [0.4, 0.5) is 5.69 Å². The summed E-state index contributed by atoms with van der Waals surface area (Å²) in [5, 5.41) is 0. The van der Waals surface area contributed by atoms with Gasteiger partial charge in [0, 0.05) is 18.8 Å². The molecule has 0 bridgehead atoms. The van der Waals surface area contributed by atoms with E-state index in [1.807, 2.05) is 24.3 Å². The fraction of sp³-hybridized carbons (Fsp3) is 0.312. The molecule has 4 nitrogen and oxygen atoms in total. The van der Waals surface area contributed by atoms with Crippen LogP contribution in [0.25, 0.3) is 0 Å². The van der Waals surface area contributed by atoms with E-state index in [1.165, 1.54) is 0 Å². The van der Waals surface area contributed by atoms with Crippen molar-refractivity contribution in [2.24, 2.45) is 5.73 Å². The van der Waals surface area contributed by atoms with Crippen molar-refractivity contribution in [3.63, 3.8) is 0 Å². The van der Waals surface area contributed by atoms with Gasteiger partial charge in [-0.2, -0.15) is 0 Å². The van der Waals surface area contributed by atoms with E-state index >= 15 is 0 Å². The molecule has 2 aromatic rings. The van der Waals surface area contributed by atoms with Gasteiger partial charge in [0.2, 0.25) is 0 Å². The summed E-state index contributed by atoms with van der Waals surface area (Å²) in [5.41, 5.74) is 8.15. The Bertz CT molecular complexity index is 572. The molecule has 0 atom stereocenters. The number of benzene rings is 1. The van der Waals surface area contributed by atoms with Crippen molar-refractivity contribution in [3.05, 3.63) is 53.5 Å². The van der Waals surface area contributed by atoms with Gasteiger partial charge in [0.25, 0.3) is 5.91 Å². The number of nitrogens with zero attached hydrogens (tertiary/aromatic N) is 1. The number of anilines is 1. The molecule has 0 aliphatic heterocycles. The van der Waals surface area contributed by atoms with Gasteiger partial charge < -0.3 is 15.1 Å². The van der Waals surface area contributed by atoms with Gasteiger partial charge in [0.05, 0.1) is 11.8 Å². The van der Waals surface area contributed by atoms with Gasteiger partial charge in [-0.25, -0.2) is 0 Å². The molecule has 0 aliphatic rings. The topological polar surface area (TPSA) is 59.5 Å². The number of hydrogen-bond acceptors (Lipinski definition) is 3. The molecule has 0 spiro atoms. The van der Waals surface area contributed by atoms with Crippen molar-refractivity contribution < 1.29 is 9.21 Å². The summed E-state index contributed by atoms with van der Waals surface area (Å²) < 4.78 is 5.22. The lowest BCUT2D eigenvalue weighted by Crippen LogP contribution is -2.31. The molecule has 20 heavy (non-hydrogen) atoms. The standard InChI is InChI=1S/C16H20N2O2/c1-3-9-18(14-6-4-13(11-17)5-7-14)16(19)15-8-10-20-12(15)2/h4-8,10H,3,9,11,17H2,1-2H3. The van der Waals surface area contributed by atoms with E-state index in [2.05, 4.69) is 6.92 Å². The number of carbonyl (C=O) groups is 1. The molecule has 0 fully saturated rings. The van der Waals surface area contributed by atoms with Crippen LogP contribution in [0.5, 0.6) is 0 Å². The third-order valence-corrected chi connectivity index (χ3v) is 3.27. The maximum absolute atomic E-state index is 12.6. The number of nitrogens with two attached hydrogens (primary N) is 1. The minimum absolute atomic E-state index is 0.0291. The molecular weight excluding hydrogens is 252 g/mol. The molecule has 0 unspecified atom stereocenters. The third kappa shape index (κ3) is 2.91. The van der Waals surface area contributed by atoms with Crippen LogP contribution in [0.1, 0.15) is 35.0 Å². The average Bonchev–Trinajstić information content (AvgIpc) is 2.90. The van der Waals surface area contributed by atoms with E-state index in [9.17, 15) is 4.79 Å². The molecule has 1 aromatic heterocycles. The van der Waals surface area contributed by atoms with Gasteiger partial charge in [-0.05, 0) is 37.1 Å². The van der Waals surface area contributed by atoms with Crippen LogP contribution < -0.4 is 10.6 Å². The lowest BCUT2D eigenvalue weighted by molar-refractivity contribution is 0.0985. The second-order valence-corrected chi connectivity index (χ2v) is 4.72. The van der Waals surface area contributed by atoms with Crippen LogP contribution in [0, 0.1) is 6.92 Å². The Balaban J connectivity index is 2.30. The zero-order valence-corrected chi connectivity index (χ0v) is 11.9. The minimum atomic E-state index is -0.0291. The van der Waals surface area contributed by atoms with E-state index in [1.54, 1.807) is 24.2 Å². The molecule has 0 saturated carbocycles. The van der Waals surface area contributed by atoms with Gasteiger partial charge in [-0.15, -0.1) is 0 Å². The molecule has 0 aliphatic carbocycles. The van der Waals surface area contributed by atoms with Crippen LogP contribution in [0.3, 0.4) is 0 Å².